The second-order valence-electron chi connectivity index (χ2n) is 5.06. The lowest BCUT2D eigenvalue weighted by atomic mass is 10.2. The maximum Gasteiger partial charge on any atom is 0.148 e. The van der Waals surface area contributed by atoms with E-state index in [1.165, 1.54) is 10.9 Å². The third-order valence-electron chi connectivity index (χ3n) is 3.52. The molecule has 0 aliphatic carbocycles. The molecule has 0 aliphatic rings. The first-order chi connectivity index (χ1) is 10.3. The first-order valence-electron chi connectivity index (χ1n) is 6.78. The number of benzene rings is 2. The van der Waals surface area contributed by atoms with Crippen LogP contribution >= 0.6 is 11.3 Å². The summed E-state index contributed by atoms with van der Waals surface area (Å²) in [5.41, 5.74) is 4.62. The number of fused-ring (bicyclic) bond motifs is 1. The van der Waals surface area contributed by atoms with Crippen LogP contribution in [0.25, 0.3) is 32.0 Å². The molecule has 102 valence electrons. The van der Waals surface area contributed by atoms with Crippen LogP contribution in [0, 0.1) is 6.92 Å². The van der Waals surface area contributed by atoms with Crippen molar-refractivity contribution in [3.8, 4) is 21.1 Å². The summed E-state index contributed by atoms with van der Waals surface area (Å²) in [4.78, 5) is 3.20. The van der Waals surface area contributed by atoms with Crippen LogP contribution in [0.2, 0.25) is 0 Å². The first kappa shape index (κ1) is 12.3. The van der Waals surface area contributed by atoms with Gasteiger partial charge in [0.2, 0.25) is 0 Å². The number of hydrogen-bond acceptors (Lipinski definition) is 3. The average molecular weight is 291 g/mol. The van der Waals surface area contributed by atoms with E-state index in [2.05, 4.69) is 70.6 Å². The van der Waals surface area contributed by atoms with E-state index in [-0.39, 0.29) is 0 Å². The predicted octanol–water partition coefficient (Wildman–Crippen LogP) is 4.66. The molecule has 2 heterocycles. The van der Waals surface area contributed by atoms with Crippen molar-refractivity contribution in [2.24, 2.45) is 0 Å². The molecule has 21 heavy (non-hydrogen) atoms. The molecule has 0 spiro atoms. The van der Waals surface area contributed by atoms with Crippen LogP contribution in [0.5, 0.6) is 0 Å². The molecule has 0 amide bonds. The van der Waals surface area contributed by atoms with Crippen molar-refractivity contribution in [3.05, 3.63) is 60.3 Å². The van der Waals surface area contributed by atoms with Gasteiger partial charge in [-0.1, -0.05) is 41.2 Å². The standard InChI is InChI=1S/C17H13N3S/c1-11-2-4-12(5-3-11)16-19-20-17(21-16)14-6-7-15-13(10-14)8-9-18-15/h2-10,18H,1H3. The molecule has 0 aliphatic heterocycles. The smallest absolute Gasteiger partial charge is 0.148 e. The lowest BCUT2D eigenvalue weighted by Gasteiger charge is -1.96. The van der Waals surface area contributed by atoms with Crippen LogP contribution in [0.4, 0.5) is 0 Å². The average Bonchev–Trinajstić information content (AvgIpc) is 3.16. The Kier molecular flexibility index (Phi) is 2.82. The molecule has 4 heteroatoms. The Morgan fingerprint density at radius 1 is 0.857 bits per heavy atom. The Labute approximate surface area is 126 Å². The zero-order chi connectivity index (χ0) is 14.2. The van der Waals surface area contributed by atoms with Crippen molar-refractivity contribution in [2.45, 2.75) is 6.92 Å². The van der Waals surface area contributed by atoms with Crippen LogP contribution in [0.1, 0.15) is 5.56 Å². The maximum atomic E-state index is 4.33. The molecule has 2 aromatic carbocycles. The number of H-pyrrole nitrogens is 1. The van der Waals surface area contributed by atoms with Crippen molar-refractivity contribution >= 4 is 22.2 Å². The van der Waals surface area contributed by atoms with Crippen LogP contribution in [0.15, 0.2) is 54.7 Å². The highest BCUT2D eigenvalue weighted by Crippen LogP contribution is 2.31. The molecule has 0 saturated heterocycles. The molecule has 0 fully saturated rings. The zero-order valence-electron chi connectivity index (χ0n) is 11.5. The zero-order valence-corrected chi connectivity index (χ0v) is 12.3. The van der Waals surface area contributed by atoms with E-state index >= 15 is 0 Å². The lowest BCUT2D eigenvalue weighted by Crippen LogP contribution is -1.78. The third kappa shape index (κ3) is 2.23. The van der Waals surface area contributed by atoms with Gasteiger partial charge in [-0.15, -0.1) is 10.2 Å². The fraction of sp³-hybridized carbons (Fsp3) is 0.0588. The van der Waals surface area contributed by atoms with Gasteiger partial charge in [-0.05, 0) is 31.2 Å². The van der Waals surface area contributed by atoms with Gasteiger partial charge < -0.3 is 4.98 Å². The Bertz CT molecular complexity index is 903. The number of nitrogens with zero attached hydrogens (tertiary/aromatic N) is 2. The highest BCUT2D eigenvalue weighted by atomic mass is 32.1. The third-order valence-corrected chi connectivity index (χ3v) is 4.55. The SMILES string of the molecule is Cc1ccc(-c2nnc(-c3ccc4[nH]ccc4c3)s2)cc1. The summed E-state index contributed by atoms with van der Waals surface area (Å²) in [5.74, 6) is 0. The van der Waals surface area contributed by atoms with Crippen molar-refractivity contribution in [1.29, 1.82) is 0 Å². The van der Waals surface area contributed by atoms with Crippen LogP contribution in [-0.2, 0) is 0 Å². The number of aromatic nitrogens is 3. The molecule has 0 unspecified atom stereocenters. The molecule has 0 bridgehead atoms. The highest BCUT2D eigenvalue weighted by Gasteiger charge is 2.09. The van der Waals surface area contributed by atoms with E-state index in [0.29, 0.717) is 0 Å². The summed E-state index contributed by atoms with van der Waals surface area (Å²) >= 11 is 1.62. The Balaban J connectivity index is 1.74. The highest BCUT2D eigenvalue weighted by molar-refractivity contribution is 7.17. The molecular formula is C17H13N3S. The summed E-state index contributed by atoms with van der Waals surface area (Å²) in [7, 11) is 0. The molecule has 2 aromatic heterocycles. The number of nitrogens with one attached hydrogen (secondary N) is 1. The van der Waals surface area contributed by atoms with Gasteiger partial charge in [-0.25, -0.2) is 0 Å². The van der Waals surface area contributed by atoms with Crippen molar-refractivity contribution in [3.63, 3.8) is 0 Å². The largest absolute Gasteiger partial charge is 0.361 e. The summed E-state index contributed by atoms with van der Waals surface area (Å²) in [6.45, 7) is 2.08. The summed E-state index contributed by atoms with van der Waals surface area (Å²) in [5, 5.41) is 11.8. The first-order valence-corrected chi connectivity index (χ1v) is 7.59. The fourth-order valence-corrected chi connectivity index (χ4v) is 3.18. The van der Waals surface area contributed by atoms with Gasteiger partial charge >= 0.3 is 0 Å². The van der Waals surface area contributed by atoms with Crippen molar-refractivity contribution < 1.29 is 0 Å². The van der Waals surface area contributed by atoms with Crippen LogP contribution in [-0.4, -0.2) is 15.2 Å². The Morgan fingerprint density at radius 3 is 2.38 bits per heavy atom. The van der Waals surface area contributed by atoms with Gasteiger partial charge in [-0.2, -0.15) is 0 Å². The van der Waals surface area contributed by atoms with Crippen molar-refractivity contribution in [2.75, 3.05) is 0 Å². The summed E-state index contributed by atoms with van der Waals surface area (Å²) in [6.07, 6.45) is 1.95. The molecular weight excluding hydrogens is 278 g/mol. The topological polar surface area (TPSA) is 41.6 Å². The number of hydrogen-bond donors (Lipinski definition) is 1. The molecule has 0 radical (unpaired) electrons. The van der Waals surface area contributed by atoms with E-state index in [1.54, 1.807) is 11.3 Å². The molecule has 1 N–H and O–H groups in total. The van der Waals surface area contributed by atoms with E-state index in [0.717, 1.165) is 26.7 Å². The van der Waals surface area contributed by atoms with Gasteiger partial charge in [0, 0.05) is 28.2 Å². The van der Waals surface area contributed by atoms with E-state index < -0.39 is 0 Å². The number of aryl methyl sites for hydroxylation is 1. The molecule has 4 rings (SSSR count). The normalized spacial score (nSPS) is 11.1. The van der Waals surface area contributed by atoms with Gasteiger partial charge in [0.25, 0.3) is 0 Å². The van der Waals surface area contributed by atoms with Gasteiger partial charge in [0.05, 0.1) is 0 Å². The van der Waals surface area contributed by atoms with E-state index in [4.69, 9.17) is 0 Å². The Morgan fingerprint density at radius 2 is 1.57 bits per heavy atom. The molecule has 0 atom stereocenters. The number of rotatable bonds is 2. The Hall–Kier alpha value is -2.46. The van der Waals surface area contributed by atoms with E-state index in [9.17, 15) is 0 Å². The minimum Gasteiger partial charge on any atom is -0.361 e. The van der Waals surface area contributed by atoms with Crippen LogP contribution in [0.3, 0.4) is 0 Å². The monoisotopic (exact) mass is 291 g/mol. The fourth-order valence-electron chi connectivity index (χ4n) is 2.34. The maximum absolute atomic E-state index is 4.33. The summed E-state index contributed by atoms with van der Waals surface area (Å²) in [6, 6.07) is 16.8. The van der Waals surface area contributed by atoms with Crippen molar-refractivity contribution in [1.82, 2.24) is 15.2 Å². The van der Waals surface area contributed by atoms with Gasteiger partial charge in [-0.3, -0.25) is 0 Å². The molecule has 3 nitrogen and oxygen atoms in total. The quantitative estimate of drug-likeness (QED) is 0.583. The van der Waals surface area contributed by atoms with Crippen LogP contribution < -0.4 is 0 Å². The predicted molar refractivity (Wildman–Crippen MR) is 87.4 cm³/mol. The lowest BCUT2D eigenvalue weighted by molar-refractivity contribution is 1.10. The van der Waals surface area contributed by atoms with E-state index in [1.807, 2.05) is 6.20 Å². The minimum atomic E-state index is 0.952. The van der Waals surface area contributed by atoms with Gasteiger partial charge in [0.1, 0.15) is 10.0 Å². The summed E-state index contributed by atoms with van der Waals surface area (Å²) < 4.78 is 0. The molecule has 4 aromatic rings. The second kappa shape index (κ2) is 4.82. The number of aromatic amines is 1. The minimum absolute atomic E-state index is 0.952. The van der Waals surface area contributed by atoms with Gasteiger partial charge in [0.15, 0.2) is 0 Å². The second-order valence-corrected chi connectivity index (χ2v) is 6.04. The molecule has 0 saturated carbocycles.